The maximum atomic E-state index is 11.6. The summed E-state index contributed by atoms with van der Waals surface area (Å²) in [5.74, 6) is -1.01. The summed E-state index contributed by atoms with van der Waals surface area (Å²) in [6.45, 7) is 0. The van der Waals surface area contributed by atoms with Gasteiger partial charge in [-0.05, 0) is 0 Å². The van der Waals surface area contributed by atoms with E-state index >= 15 is 0 Å². The fourth-order valence-corrected chi connectivity index (χ4v) is 3.03. The van der Waals surface area contributed by atoms with Crippen LogP contribution in [0.4, 0.5) is 0 Å². The predicted molar refractivity (Wildman–Crippen MR) is 59.9 cm³/mol. The summed E-state index contributed by atoms with van der Waals surface area (Å²) < 4.78 is 21.7. The Hall–Kier alpha value is -0.760. The van der Waals surface area contributed by atoms with Gasteiger partial charge in [0, 0.05) is 18.4 Å². The van der Waals surface area contributed by atoms with Crippen LogP contribution in [0.2, 0.25) is 0 Å². The summed E-state index contributed by atoms with van der Waals surface area (Å²) in [4.78, 5) is 23.6. The van der Waals surface area contributed by atoms with Gasteiger partial charge in [-0.2, -0.15) is 0 Å². The van der Waals surface area contributed by atoms with E-state index in [0.717, 1.165) is 6.26 Å². The van der Waals surface area contributed by atoms with Crippen LogP contribution in [-0.2, 0) is 19.4 Å². The molecule has 0 aromatic rings. The Balaban J connectivity index is 2.57. The minimum Gasteiger partial charge on any atom is -0.480 e. The molecule has 1 atom stereocenters. The minimum absolute atomic E-state index is 0.150. The molecule has 16 heavy (non-hydrogen) atoms. The number of nitrogens with zero attached hydrogens (tertiary/aromatic N) is 1. The predicted octanol–water partition coefficient (Wildman–Crippen LogP) is -0.593. The van der Waals surface area contributed by atoms with Crippen LogP contribution in [-0.4, -0.2) is 60.0 Å². The summed E-state index contributed by atoms with van der Waals surface area (Å²) in [6.07, 6.45) is 0.900. The van der Waals surface area contributed by atoms with Gasteiger partial charge < -0.3 is 10.0 Å². The van der Waals surface area contributed by atoms with Crippen molar-refractivity contribution in [1.82, 2.24) is 4.90 Å². The molecule has 8 heteroatoms. The van der Waals surface area contributed by atoms with Gasteiger partial charge in [-0.1, -0.05) is 0 Å². The van der Waals surface area contributed by atoms with Crippen LogP contribution in [0.1, 0.15) is 6.42 Å². The molecule has 6 nitrogen and oxygen atoms in total. The fraction of sp³-hybridized carbons (Fsp3) is 0.750. The van der Waals surface area contributed by atoms with Gasteiger partial charge in [-0.15, -0.1) is 11.8 Å². The number of rotatable bonds is 4. The molecule has 0 aromatic carbocycles. The topological polar surface area (TPSA) is 91.8 Å². The lowest BCUT2D eigenvalue weighted by Gasteiger charge is -2.20. The first-order valence-corrected chi connectivity index (χ1v) is 7.80. The zero-order valence-corrected chi connectivity index (χ0v) is 10.4. The first-order valence-electron chi connectivity index (χ1n) is 4.59. The molecule has 1 aliphatic rings. The van der Waals surface area contributed by atoms with Gasteiger partial charge >= 0.3 is 5.97 Å². The largest absolute Gasteiger partial charge is 0.480 e. The highest BCUT2D eigenvalue weighted by atomic mass is 32.2. The maximum absolute atomic E-state index is 11.6. The zero-order valence-electron chi connectivity index (χ0n) is 8.75. The quantitative estimate of drug-likeness (QED) is 0.732. The molecule has 1 saturated heterocycles. The monoisotopic (exact) mass is 267 g/mol. The second-order valence-electron chi connectivity index (χ2n) is 3.60. The van der Waals surface area contributed by atoms with E-state index < -0.39 is 27.8 Å². The van der Waals surface area contributed by atoms with Crippen molar-refractivity contribution in [3.8, 4) is 0 Å². The number of carbonyl (C=O) groups is 2. The molecule has 1 N–H and O–H groups in total. The van der Waals surface area contributed by atoms with Gasteiger partial charge in [0.2, 0.25) is 5.91 Å². The maximum Gasteiger partial charge on any atom is 0.327 e. The molecular formula is C8H13NO5S2. The van der Waals surface area contributed by atoms with Crippen molar-refractivity contribution in [2.75, 3.05) is 23.6 Å². The van der Waals surface area contributed by atoms with Gasteiger partial charge in [-0.3, -0.25) is 4.79 Å². The third-order valence-electron chi connectivity index (χ3n) is 2.17. The SMILES string of the molecule is CS(=O)(=O)CCC(=O)N1CSC[C@H]1C(=O)O. The van der Waals surface area contributed by atoms with Crippen LogP contribution in [0.15, 0.2) is 0 Å². The van der Waals surface area contributed by atoms with Crippen molar-refractivity contribution in [2.24, 2.45) is 0 Å². The number of carboxylic acids is 1. The van der Waals surface area contributed by atoms with Crippen molar-refractivity contribution in [1.29, 1.82) is 0 Å². The Labute approximate surface area is 97.9 Å². The summed E-state index contributed by atoms with van der Waals surface area (Å²) >= 11 is 1.36. The number of thioether (sulfide) groups is 1. The second kappa shape index (κ2) is 5.05. The standard InChI is InChI=1S/C8H13NO5S2/c1-16(13,14)3-2-7(10)9-5-15-4-6(9)8(11)12/h6H,2-5H2,1H3,(H,11,12)/t6-/m0/s1. The lowest BCUT2D eigenvalue weighted by Crippen LogP contribution is -2.42. The molecule has 1 rings (SSSR count). The molecule has 1 amide bonds. The first-order chi connectivity index (χ1) is 7.31. The Morgan fingerprint density at radius 1 is 1.50 bits per heavy atom. The summed E-state index contributed by atoms with van der Waals surface area (Å²) in [6, 6.07) is -0.822. The van der Waals surface area contributed by atoms with Gasteiger partial charge in [-0.25, -0.2) is 13.2 Å². The molecule has 0 aromatic heterocycles. The fourth-order valence-electron chi connectivity index (χ4n) is 1.31. The molecule has 0 saturated carbocycles. The van der Waals surface area contributed by atoms with Crippen molar-refractivity contribution >= 4 is 33.5 Å². The van der Waals surface area contributed by atoms with Crippen molar-refractivity contribution in [3.05, 3.63) is 0 Å². The normalized spacial score (nSPS) is 21.1. The molecule has 1 aliphatic heterocycles. The second-order valence-corrected chi connectivity index (χ2v) is 6.86. The molecule has 0 spiro atoms. The average Bonchev–Trinajstić information content (AvgIpc) is 2.61. The molecule has 1 heterocycles. The smallest absolute Gasteiger partial charge is 0.327 e. The molecule has 0 radical (unpaired) electrons. The first kappa shape index (κ1) is 13.3. The van der Waals surface area contributed by atoms with E-state index in [2.05, 4.69) is 0 Å². The lowest BCUT2D eigenvalue weighted by molar-refractivity contribution is -0.147. The molecule has 0 bridgehead atoms. The Morgan fingerprint density at radius 3 is 2.62 bits per heavy atom. The molecule has 0 unspecified atom stereocenters. The van der Waals surface area contributed by atoms with E-state index in [4.69, 9.17) is 5.11 Å². The number of carboxylic acid groups (broad SMARTS) is 1. The third-order valence-corrected chi connectivity index (χ3v) is 4.13. The highest BCUT2D eigenvalue weighted by molar-refractivity contribution is 7.99. The summed E-state index contributed by atoms with van der Waals surface area (Å²) in [5.41, 5.74) is 0. The van der Waals surface area contributed by atoms with E-state index in [1.54, 1.807) is 0 Å². The summed E-state index contributed by atoms with van der Waals surface area (Å²) in [5, 5.41) is 8.84. The van der Waals surface area contributed by atoms with Crippen molar-refractivity contribution < 1.29 is 23.1 Å². The van der Waals surface area contributed by atoms with E-state index in [-0.39, 0.29) is 12.2 Å². The van der Waals surface area contributed by atoms with Gasteiger partial charge in [0.25, 0.3) is 0 Å². The van der Waals surface area contributed by atoms with Crippen LogP contribution >= 0.6 is 11.8 Å². The highest BCUT2D eigenvalue weighted by Gasteiger charge is 2.34. The summed E-state index contributed by atoms with van der Waals surface area (Å²) in [7, 11) is -3.19. The number of amides is 1. The number of sulfone groups is 1. The molecule has 92 valence electrons. The van der Waals surface area contributed by atoms with Crippen molar-refractivity contribution in [3.63, 3.8) is 0 Å². The van der Waals surface area contributed by atoms with E-state index in [0.29, 0.717) is 11.6 Å². The lowest BCUT2D eigenvalue weighted by atomic mass is 10.3. The van der Waals surface area contributed by atoms with Gasteiger partial charge in [0.05, 0.1) is 11.6 Å². The van der Waals surface area contributed by atoms with E-state index in [1.165, 1.54) is 16.7 Å². The Bertz CT molecular complexity index is 391. The van der Waals surface area contributed by atoms with Crippen molar-refractivity contribution in [2.45, 2.75) is 12.5 Å². The Morgan fingerprint density at radius 2 is 2.12 bits per heavy atom. The van der Waals surface area contributed by atoms with Crippen LogP contribution < -0.4 is 0 Å². The van der Waals surface area contributed by atoms with Gasteiger partial charge in [0.15, 0.2) is 0 Å². The molecular weight excluding hydrogens is 254 g/mol. The van der Waals surface area contributed by atoms with E-state index in [9.17, 15) is 18.0 Å². The number of hydrogen-bond donors (Lipinski definition) is 1. The zero-order chi connectivity index (χ0) is 12.3. The van der Waals surface area contributed by atoms with E-state index in [1.807, 2.05) is 0 Å². The number of carbonyl (C=O) groups excluding carboxylic acids is 1. The third kappa shape index (κ3) is 3.67. The highest BCUT2D eigenvalue weighted by Crippen LogP contribution is 2.21. The molecule has 0 aliphatic carbocycles. The number of hydrogen-bond acceptors (Lipinski definition) is 5. The number of aliphatic carboxylic acids is 1. The molecule has 1 fully saturated rings. The van der Waals surface area contributed by atoms with Crippen LogP contribution in [0.5, 0.6) is 0 Å². The van der Waals surface area contributed by atoms with Gasteiger partial charge in [0.1, 0.15) is 15.9 Å². The minimum atomic E-state index is -3.19. The van der Waals surface area contributed by atoms with Crippen LogP contribution in [0.25, 0.3) is 0 Å². The average molecular weight is 267 g/mol. The van der Waals surface area contributed by atoms with Crippen LogP contribution in [0, 0.1) is 0 Å². The van der Waals surface area contributed by atoms with Crippen LogP contribution in [0.3, 0.4) is 0 Å². The Kier molecular flexibility index (Phi) is 4.20.